The second-order valence-corrected chi connectivity index (χ2v) is 5.57. The van der Waals surface area contributed by atoms with E-state index in [1.807, 2.05) is 49.5 Å². The van der Waals surface area contributed by atoms with Crippen LogP contribution in [0.25, 0.3) is 0 Å². The fourth-order valence-electron chi connectivity index (χ4n) is 1.72. The SMILES string of the molecule is CNC(C)c1ccc(Oc2ccc(Br)cc2)cc1Cl. The molecule has 0 aromatic heterocycles. The van der Waals surface area contributed by atoms with E-state index in [1.165, 1.54) is 0 Å². The van der Waals surface area contributed by atoms with E-state index in [9.17, 15) is 0 Å². The Bertz CT molecular complexity index is 557. The Morgan fingerprint density at radius 1 is 1.11 bits per heavy atom. The van der Waals surface area contributed by atoms with Crippen LogP contribution in [0.2, 0.25) is 5.02 Å². The maximum atomic E-state index is 6.27. The Labute approximate surface area is 126 Å². The van der Waals surface area contributed by atoms with Crippen LogP contribution in [-0.4, -0.2) is 7.05 Å². The number of ether oxygens (including phenoxy) is 1. The van der Waals surface area contributed by atoms with Gasteiger partial charge in [-0.2, -0.15) is 0 Å². The van der Waals surface area contributed by atoms with Gasteiger partial charge in [-0.25, -0.2) is 0 Å². The van der Waals surface area contributed by atoms with Gasteiger partial charge in [-0.05, 0) is 55.9 Å². The van der Waals surface area contributed by atoms with Crippen molar-refractivity contribution in [3.63, 3.8) is 0 Å². The summed E-state index contributed by atoms with van der Waals surface area (Å²) >= 11 is 9.66. The second-order valence-electron chi connectivity index (χ2n) is 4.25. The average molecular weight is 341 g/mol. The van der Waals surface area contributed by atoms with Gasteiger partial charge >= 0.3 is 0 Å². The number of rotatable bonds is 4. The van der Waals surface area contributed by atoms with E-state index in [2.05, 4.69) is 28.2 Å². The van der Waals surface area contributed by atoms with Crippen molar-refractivity contribution in [2.24, 2.45) is 0 Å². The van der Waals surface area contributed by atoms with Crippen LogP contribution in [0.3, 0.4) is 0 Å². The molecule has 2 aromatic carbocycles. The van der Waals surface area contributed by atoms with Gasteiger partial charge in [0.1, 0.15) is 11.5 Å². The maximum Gasteiger partial charge on any atom is 0.128 e. The Morgan fingerprint density at radius 2 is 1.74 bits per heavy atom. The molecule has 0 saturated carbocycles. The Balaban J connectivity index is 2.18. The lowest BCUT2D eigenvalue weighted by atomic mass is 10.1. The van der Waals surface area contributed by atoms with Gasteiger partial charge in [-0.3, -0.25) is 0 Å². The summed E-state index contributed by atoms with van der Waals surface area (Å²) in [6, 6.07) is 13.7. The highest BCUT2D eigenvalue weighted by atomic mass is 79.9. The molecular weight excluding hydrogens is 326 g/mol. The first-order valence-corrected chi connectivity index (χ1v) is 7.17. The minimum atomic E-state index is 0.217. The van der Waals surface area contributed by atoms with E-state index < -0.39 is 0 Å². The normalized spacial score (nSPS) is 12.2. The van der Waals surface area contributed by atoms with Gasteiger partial charge in [0.25, 0.3) is 0 Å². The Morgan fingerprint density at radius 3 is 2.32 bits per heavy atom. The summed E-state index contributed by atoms with van der Waals surface area (Å²) < 4.78 is 6.78. The van der Waals surface area contributed by atoms with Crippen LogP contribution >= 0.6 is 27.5 Å². The summed E-state index contributed by atoms with van der Waals surface area (Å²) in [6.07, 6.45) is 0. The molecule has 19 heavy (non-hydrogen) atoms. The first-order valence-electron chi connectivity index (χ1n) is 6.00. The fourth-order valence-corrected chi connectivity index (χ4v) is 2.32. The molecule has 0 radical (unpaired) electrons. The van der Waals surface area contributed by atoms with Gasteiger partial charge in [0.05, 0.1) is 0 Å². The van der Waals surface area contributed by atoms with E-state index in [-0.39, 0.29) is 6.04 Å². The molecule has 0 aliphatic heterocycles. The van der Waals surface area contributed by atoms with Crippen LogP contribution < -0.4 is 10.1 Å². The third-order valence-electron chi connectivity index (χ3n) is 2.92. The van der Waals surface area contributed by atoms with Gasteiger partial charge in [-0.1, -0.05) is 33.6 Å². The van der Waals surface area contributed by atoms with Crippen LogP contribution in [0.4, 0.5) is 0 Å². The molecule has 0 amide bonds. The number of hydrogen-bond acceptors (Lipinski definition) is 2. The van der Waals surface area contributed by atoms with Gasteiger partial charge < -0.3 is 10.1 Å². The molecule has 2 nitrogen and oxygen atoms in total. The smallest absolute Gasteiger partial charge is 0.128 e. The van der Waals surface area contributed by atoms with Crippen molar-refractivity contribution in [3.05, 3.63) is 57.5 Å². The highest BCUT2D eigenvalue weighted by Crippen LogP contribution is 2.30. The lowest BCUT2D eigenvalue weighted by Crippen LogP contribution is -2.12. The molecule has 0 fully saturated rings. The summed E-state index contributed by atoms with van der Waals surface area (Å²) in [4.78, 5) is 0. The molecule has 2 rings (SSSR count). The Kier molecular flexibility index (Phi) is 4.86. The van der Waals surface area contributed by atoms with E-state index in [0.29, 0.717) is 5.02 Å². The molecule has 0 aliphatic rings. The van der Waals surface area contributed by atoms with Gasteiger partial charge in [0.2, 0.25) is 0 Å². The van der Waals surface area contributed by atoms with Gasteiger partial charge in [-0.15, -0.1) is 0 Å². The van der Waals surface area contributed by atoms with E-state index in [0.717, 1.165) is 21.5 Å². The molecule has 0 saturated heterocycles. The molecule has 0 spiro atoms. The monoisotopic (exact) mass is 339 g/mol. The zero-order valence-corrected chi connectivity index (χ0v) is 13.1. The molecule has 1 unspecified atom stereocenters. The average Bonchev–Trinajstić information content (AvgIpc) is 2.41. The highest BCUT2D eigenvalue weighted by Gasteiger charge is 2.09. The lowest BCUT2D eigenvalue weighted by Gasteiger charge is -2.14. The molecule has 0 bridgehead atoms. The second kappa shape index (κ2) is 6.42. The molecule has 1 atom stereocenters. The molecule has 0 aliphatic carbocycles. The first kappa shape index (κ1) is 14.4. The van der Waals surface area contributed by atoms with Crippen molar-refractivity contribution in [1.29, 1.82) is 0 Å². The predicted molar refractivity (Wildman–Crippen MR) is 83.1 cm³/mol. The summed E-state index contributed by atoms with van der Waals surface area (Å²) in [5.41, 5.74) is 1.06. The molecule has 100 valence electrons. The largest absolute Gasteiger partial charge is 0.457 e. The first-order chi connectivity index (χ1) is 9.10. The van der Waals surface area contributed by atoms with E-state index >= 15 is 0 Å². The summed E-state index contributed by atoms with van der Waals surface area (Å²) in [5.74, 6) is 1.52. The number of benzene rings is 2. The number of hydrogen-bond donors (Lipinski definition) is 1. The minimum Gasteiger partial charge on any atom is -0.457 e. The topological polar surface area (TPSA) is 21.3 Å². The molecule has 0 heterocycles. The van der Waals surface area contributed by atoms with Gasteiger partial charge in [0.15, 0.2) is 0 Å². The maximum absolute atomic E-state index is 6.27. The van der Waals surface area contributed by atoms with Crippen molar-refractivity contribution >= 4 is 27.5 Å². The molecule has 1 N–H and O–H groups in total. The quantitative estimate of drug-likeness (QED) is 0.828. The number of halogens is 2. The third kappa shape index (κ3) is 3.72. The third-order valence-corrected chi connectivity index (χ3v) is 3.78. The zero-order chi connectivity index (χ0) is 13.8. The van der Waals surface area contributed by atoms with Crippen LogP contribution in [0.5, 0.6) is 11.5 Å². The lowest BCUT2D eigenvalue weighted by molar-refractivity contribution is 0.482. The van der Waals surface area contributed by atoms with Crippen molar-refractivity contribution in [2.45, 2.75) is 13.0 Å². The molecule has 4 heteroatoms. The van der Waals surface area contributed by atoms with Crippen molar-refractivity contribution in [2.75, 3.05) is 7.05 Å². The summed E-state index contributed by atoms with van der Waals surface area (Å²) in [6.45, 7) is 2.07. The van der Waals surface area contributed by atoms with E-state index in [4.69, 9.17) is 16.3 Å². The van der Waals surface area contributed by atoms with Crippen molar-refractivity contribution in [3.8, 4) is 11.5 Å². The van der Waals surface area contributed by atoms with Crippen LogP contribution in [0.15, 0.2) is 46.9 Å². The van der Waals surface area contributed by atoms with Crippen molar-refractivity contribution in [1.82, 2.24) is 5.32 Å². The van der Waals surface area contributed by atoms with Crippen LogP contribution in [0.1, 0.15) is 18.5 Å². The summed E-state index contributed by atoms with van der Waals surface area (Å²) in [5, 5.41) is 3.87. The predicted octanol–water partition coefficient (Wildman–Crippen LogP) is 5.18. The Hall–Kier alpha value is -1.03. The van der Waals surface area contributed by atoms with Gasteiger partial charge in [0, 0.05) is 15.5 Å². The van der Waals surface area contributed by atoms with E-state index in [1.54, 1.807) is 0 Å². The molecule has 2 aromatic rings. The van der Waals surface area contributed by atoms with Crippen molar-refractivity contribution < 1.29 is 4.74 Å². The standard InChI is InChI=1S/C15H15BrClNO/c1-10(18-2)14-8-7-13(9-15(14)17)19-12-5-3-11(16)4-6-12/h3-10,18H,1-2H3. The van der Waals surface area contributed by atoms with Crippen LogP contribution in [-0.2, 0) is 0 Å². The minimum absolute atomic E-state index is 0.217. The highest BCUT2D eigenvalue weighted by molar-refractivity contribution is 9.10. The molecular formula is C15H15BrClNO. The fraction of sp³-hybridized carbons (Fsp3) is 0.200. The summed E-state index contributed by atoms with van der Waals surface area (Å²) in [7, 11) is 1.91. The van der Waals surface area contributed by atoms with Crippen LogP contribution in [0, 0.1) is 0 Å². The number of nitrogens with one attached hydrogen (secondary N) is 1. The zero-order valence-electron chi connectivity index (χ0n) is 10.8.